The molecular weight excluding hydrogens is 264 g/mol. The van der Waals surface area contributed by atoms with Crippen LogP contribution in [0.25, 0.3) is 0 Å². The highest BCUT2D eigenvalue weighted by Gasteiger charge is 2.14. The Morgan fingerprint density at radius 2 is 2.32 bits per heavy atom. The topological polar surface area (TPSA) is 80.0 Å². The molecule has 1 amide bonds. The van der Waals surface area contributed by atoms with Gasteiger partial charge in [0.2, 0.25) is 11.8 Å². The van der Waals surface area contributed by atoms with Gasteiger partial charge in [-0.25, -0.2) is 0 Å². The van der Waals surface area contributed by atoms with E-state index in [1.54, 1.807) is 18.7 Å². The van der Waals surface area contributed by atoms with Gasteiger partial charge in [-0.15, -0.1) is 11.8 Å². The molecule has 0 radical (unpaired) electrons. The van der Waals surface area contributed by atoms with Crippen LogP contribution in [0.1, 0.15) is 24.6 Å². The van der Waals surface area contributed by atoms with Gasteiger partial charge in [0.05, 0.1) is 5.75 Å². The second-order valence-electron chi connectivity index (χ2n) is 4.60. The summed E-state index contributed by atoms with van der Waals surface area (Å²) in [6.07, 6.45) is 2.89. The Morgan fingerprint density at radius 3 is 3.00 bits per heavy atom. The molecule has 2 rings (SSSR count). The zero-order chi connectivity index (χ0) is 13.5. The molecule has 0 atom stereocenters. The minimum absolute atomic E-state index is 0.0831. The van der Waals surface area contributed by atoms with Crippen LogP contribution in [0.4, 0.5) is 0 Å². The second-order valence-corrected chi connectivity index (χ2v) is 5.88. The SMILES string of the molecule is Cc1noc(CCNC(=O)CSC2CCNCC2)n1. The molecule has 2 heterocycles. The van der Waals surface area contributed by atoms with Crippen LogP contribution in [0.3, 0.4) is 0 Å². The minimum atomic E-state index is 0.0831. The van der Waals surface area contributed by atoms with Gasteiger partial charge >= 0.3 is 0 Å². The van der Waals surface area contributed by atoms with Gasteiger partial charge in [-0.2, -0.15) is 4.98 Å². The summed E-state index contributed by atoms with van der Waals surface area (Å²) < 4.78 is 4.98. The highest BCUT2D eigenvalue weighted by Crippen LogP contribution is 2.19. The van der Waals surface area contributed by atoms with Gasteiger partial charge in [-0.1, -0.05) is 5.16 Å². The highest BCUT2D eigenvalue weighted by molar-refractivity contribution is 8.00. The number of thioether (sulfide) groups is 1. The third-order valence-corrected chi connectivity index (χ3v) is 4.34. The van der Waals surface area contributed by atoms with Crippen LogP contribution in [0.15, 0.2) is 4.52 Å². The van der Waals surface area contributed by atoms with Gasteiger partial charge in [0.25, 0.3) is 0 Å². The predicted molar refractivity (Wildman–Crippen MR) is 74.1 cm³/mol. The molecule has 1 aliphatic rings. The van der Waals surface area contributed by atoms with Crippen molar-refractivity contribution in [2.24, 2.45) is 0 Å². The van der Waals surface area contributed by atoms with Gasteiger partial charge in [-0.05, 0) is 32.9 Å². The minimum Gasteiger partial charge on any atom is -0.355 e. The lowest BCUT2D eigenvalue weighted by molar-refractivity contribution is -0.118. The molecule has 19 heavy (non-hydrogen) atoms. The molecule has 1 aromatic heterocycles. The number of rotatable bonds is 6. The fourth-order valence-electron chi connectivity index (χ4n) is 1.96. The maximum absolute atomic E-state index is 11.7. The van der Waals surface area contributed by atoms with Gasteiger partial charge < -0.3 is 15.2 Å². The lowest BCUT2D eigenvalue weighted by Crippen LogP contribution is -2.32. The number of amides is 1. The molecule has 7 heteroatoms. The Kier molecular flexibility index (Phi) is 5.65. The molecule has 0 aliphatic carbocycles. The van der Waals surface area contributed by atoms with E-state index in [1.165, 1.54) is 0 Å². The summed E-state index contributed by atoms with van der Waals surface area (Å²) in [5.41, 5.74) is 0. The molecular formula is C12H20N4O2S. The van der Waals surface area contributed by atoms with Crippen molar-refractivity contribution in [3.8, 4) is 0 Å². The summed E-state index contributed by atoms with van der Waals surface area (Å²) >= 11 is 1.75. The van der Waals surface area contributed by atoms with Crippen molar-refractivity contribution in [3.05, 3.63) is 11.7 Å². The van der Waals surface area contributed by atoms with E-state index in [4.69, 9.17) is 4.52 Å². The molecule has 1 fully saturated rings. The number of carbonyl (C=O) groups excluding carboxylic acids is 1. The van der Waals surface area contributed by atoms with E-state index in [0.29, 0.717) is 35.7 Å². The summed E-state index contributed by atoms with van der Waals surface area (Å²) in [7, 11) is 0. The van der Waals surface area contributed by atoms with Crippen molar-refractivity contribution in [2.45, 2.75) is 31.4 Å². The molecule has 1 aliphatic heterocycles. The fraction of sp³-hybridized carbons (Fsp3) is 0.750. The van der Waals surface area contributed by atoms with Gasteiger partial charge in [-0.3, -0.25) is 4.79 Å². The first-order valence-electron chi connectivity index (χ1n) is 6.62. The summed E-state index contributed by atoms with van der Waals surface area (Å²) in [6, 6.07) is 0. The number of hydrogen-bond acceptors (Lipinski definition) is 6. The number of aromatic nitrogens is 2. The molecule has 0 unspecified atom stereocenters. The Hall–Kier alpha value is -1.08. The second kappa shape index (κ2) is 7.49. The third-order valence-electron chi connectivity index (χ3n) is 2.97. The van der Waals surface area contributed by atoms with Crippen molar-refractivity contribution in [1.29, 1.82) is 0 Å². The first kappa shape index (κ1) is 14.3. The molecule has 106 valence electrons. The number of nitrogens with zero attached hydrogens (tertiary/aromatic N) is 2. The van der Waals surface area contributed by atoms with Crippen LogP contribution in [-0.4, -0.2) is 46.7 Å². The number of hydrogen-bond donors (Lipinski definition) is 2. The van der Waals surface area contributed by atoms with Crippen molar-refractivity contribution in [2.75, 3.05) is 25.4 Å². The Labute approximate surface area is 117 Å². The summed E-state index contributed by atoms with van der Waals surface area (Å²) in [5, 5.41) is 10.5. The van der Waals surface area contributed by atoms with Crippen LogP contribution in [0.5, 0.6) is 0 Å². The Morgan fingerprint density at radius 1 is 1.53 bits per heavy atom. The summed E-state index contributed by atoms with van der Waals surface area (Å²) in [5.74, 6) is 1.82. The van der Waals surface area contributed by atoms with Crippen LogP contribution in [-0.2, 0) is 11.2 Å². The zero-order valence-electron chi connectivity index (χ0n) is 11.1. The van der Waals surface area contributed by atoms with Crippen molar-refractivity contribution < 1.29 is 9.32 Å². The van der Waals surface area contributed by atoms with Crippen LogP contribution < -0.4 is 10.6 Å². The first-order chi connectivity index (χ1) is 9.24. The number of nitrogens with one attached hydrogen (secondary N) is 2. The van der Waals surface area contributed by atoms with E-state index in [-0.39, 0.29) is 5.91 Å². The monoisotopic (exact) mass is 284 g/mol. The van der Waals surface area contributed by atoms with E-state index in [1.807, 2.05) is 0 Å². The van der Waals surface area contributed by atoms with Gasteiger partial charge in [0, 0.05) is 18.2 Å². The molecule has 1 aromatic rings. The molecule has 2 N–H and O–H groups in total. The predicted octanol–water partition coefficient (Wildman–Crippen LogP) is 0.522. The Bertz CT molecular complexity index is 404. The standard InChI is InChI=1S/C12H20N4O2S/c1-9-15-12(18-16-9)4-7-14-11(17)8-19-10-2-5-13-6-3-10/h10,13H,2-8H2,1H3,(H,14,17). The van der Waals surface area contributed by atoms with E-state index in [2.05, 4.69) is 20.8 Å². The molecule has 1 saturated heterocycles. The summed E-state index contributed by atoms with van der Waals surface area (Å²) in [6.45, 7) is 4.46. The third kappa shape index (κ3) is 5.20. The van der Waals surface area contributed by atoms with Gasteiger partial charge in [0.15, 0.2) is 5.82 Å². The van der Waals surface area contributed by atoms with Crippen LogP contribution >= 0.6 is 11.8 Å². The van der Waals surface area contributed by atoms with Crippen molar-refractivity contribution in [1.82, 2.24) is 20.8 Å². The number of aryl methyl sites for hydroxylation is 1. The molecule has 0 spiro atoms. The van der Waals surface area contributed by atoms with E-state index >= 15 is 0 Å². The molecule has 0 saturated carbocycles. The maximum atomic E-state index is 11.7. The van der Waals surface area contributed by atoms with E-state index in [0.717, 1.165) is 25.9 Å². The average molecular weight is 284 g/mol. The van der Waals surface area contributed by atoms with Crippen LogP contribution in [0, 0.1) is 6.92 Å². The molecule has 6 nitrogen and oxygen atoms in total. The maximum Gasteiger partial charge on any atom is 0.230 e. The van der Waals surface area contributed by atoms with Crippen molar-refractivity contribution in [3.63, 3.8) is 0 Å². The quantitative estimate of drug-likeness (QED) is 0.793. The number of carbonyl (C=O) groups is 1. The zero-order valence-corrected chi connectivity index (χ0v) is 12.0. The lowest BCUT2D eigenvalue weighted by Gasteiger charge is -2.21. The normalized spacial score (nSPS) is 16.5. The first-order valence-corrected chi connectivity index (χ1v) is 7.67. The Balaban J connectivity index is 1.56. The largest absolute Gasteiger partial charge is 0.355 e. The van der Waals surface area contributed by atoms with Crippen LogP contribution in [0.2, 0.25) is 0 Å². The fourth-order valence-corrected chi connectivity index (χ4v) is 3.02. The summed E-state index contributed by atoms with van der Waals surface area (Å²) in [4.78, 5) is 15.8. The lowest BCUT2D eigenvalue weighted by atomic mass is 10.2. The molecule has 0 bridgehead atoms. The number of piperidine rings is 1. The molecule has 0 aromatic carbocycles. The van der Waals surface area contributed by atoms with E-state index in [9.17, 15) is 4.79 Å². The van der Waals surface area contributed by atoms with E-state index < -0.39 is 0 Å². The highest BCUT2D eigenvalue weighted by atomic mass is 32.2. The van der Waals surface area contributed by atoms with Crippen molar-refractivity contribution >= 4 is 17.7 Å². The van der Waals surface area contributed by atoms with Gasteiger partial charge in [0.1, 0.15) is 0 Å². The average Bonchev–Trinajstić information content (AvgIpc) is 2.83. The smallest absolute Gasteiger partial charge is 0.230 e.